The number of benzene rings is 2. The van der Waals surface area contributed by atoms with Crippen molar-refractivity contribution in [2.24, 2.45) is 0 Å². The van der Waals surface area contributed by atoms with E-state index in [-0.39, 0.29) is 24.2 Å². The topological polar surface area (TPSA) is 74.2 Å². The van der Waals surface area contributed by atoms with Crippen molar-refractivity contribution in [2.45, 2.75) is 76.7 Å². The Balaban J connectivity index is 2.11. The van der Waals surface area contributed by atoms with Gasteiger partial charge >= 0.3 is 5.97 Å². The number of carboxylic acids is 1. The zero-order valence-corrected chi connectivity index (χ0v) is 23.8. The first-order chi connectivity index (χ1) is 16.8. The number of rotatable bonds is 13. The van der Waals surface area contributed by atoms with Gasteiger partial charge in [-0.05, 0) is 48.9 Å². The quantitative estimate of drug-likeness (QED) is 0.180. The molecule has 0 aliphatic rings. The highest BCUT2D eigenvalue weighted by molar-refractivity contribution is 7.99. The van der Waals surface area contributed by atoms with Gasteiger partial charge in [-0.1, -0.05) is 59.7 Å². The van der Waals surface area contributed by atoms with Crippen LogP contribution in [0.4, 0.5) is 0 Å². The summed E-state index contributed by atoms with van der Waals surface area (Å²) in [7, 11) is 0. The standard InChI is InChI=1S/C29H42O6S/c1-9-32-20-34-25-23(27(2,3)4)17-22(18-24(25)28(5,6)7)36-16-15-33-19-29(8,26(30)31)35-21-13-11-10-12-14-21/h10-14,17-18H,9,15-16,19-20H2,1-8H3,(H,30,31). The Labute approximate surface area is 220 Å². The minimum Gasteiger partial charge on any atom is -0.478 e. The van der Waals surface area contributed by atoms with Crippen molar-refractivity contribution >= 4 is 17.7 Å². The molecule has 0 fully saturated rings. The molecule has 0 saturated carbocycles. The Morgan fingerprint density at radius 2 is 1.50 bits per heavy atom. The van der Waals surface area contributed by atoms with E-state index in [0.717, 1.165) is 21.8 Å². The van der Waals surface area contributed by atoms with Gasteiger partial charge in [0, 0.05) is 28.4 Å². The predicted molar refractivity (Wildman–Crippen MR) is 146 cm³/mol. The lowest BCUT2D eigenvalue weighted by atomic mass is 9.79. The maximum absolute atomic E-state index is 11.9. The fourth-order valence-corrected chi connectivity index (χ4v) is 4.35. The first-order valence-corrected chi connectivity index (χ1v) is 13.3. The van der Waals surface area contributed by atoms with E-state index in [1.165, 1.54) is 6.92 Å². The third-order valence-corrected chi connectivity index (χ3v) is 6.52. The summed E-state index contributed by atoms with van der Waals surface area (Å²) in [5.74, 6) is 0.995. The number of aliphatic carboxylic acids is 1. The van der Waals surface area contributed by atoms with Crippen LogP contribution in [0.5, 0.6) is 11.5 Å². The summed E-state index contributed by atoms with van der Waals surface area (Å²) in [5, 5.41) is 9.71. The van der Waals surface area contributed by atoms with Gasteiger partial charge in [-0.15, -0.1) is 11.8 Å². The van der Waals surface area contributed by atoms with Crippen LogP contribution in [0, 0.1) is 0 Å². The molecule has 2 aromatic rings. The molecule has 0 amide bonds. The van der Waals surface area contributed by atoms with Gasteiger partial charge in [-0.25, -0.2) is 4.79 Å². The maximum Gasteiger partial charge on any atom is 0.350 e. The molecule has 1 unspecified atom stereocenters. The summed E-state index contributed by atoms with van der Waals surface area (Å²) >= 11 is 1.68. The van der Waals surface area contributed by atoms with Crippen molar-refractivity contribution in [2.75, 3.05) is 32.4 Å². The van der Waals surface area contributed by atoms with Crippen LogP contribution in [0.3, 0.4) is 0 Å². The second-order valence-corrected chi connectivity index (χ2v) is 12.1. The molecule has 0 spiro atoms. The number of hydrogen-bond donors (Lipinski definition) is 1. The van der Waals surface area contributed by atoms with Gasteiger partial charge in [0.15, 0.2) is 6.79 Å². The van der Waals surface area contributed by atoms with Gasteiger partial charge < -0.3 is 24.1 Å². The fourth-order valence-electron chi connectivity index (χ4n) is 3.51. The van der Waals surface area contributed by atoms with Crippen LogP contribution in [0.1, 0.15) is 66.5 Å². The maximum atomic E-state index is 11.9. The van der Waals surface area contributed by atoms with Gasteiger partial charge in [0.05, 0.1) is 13.2 Å². The average molecular weight is 519 g/mol. The number of carboxylic acid groups (broad SMARTS) is 1. The van der Waals surface area contributed by atoms with Crippen molar-refractivity contribution < 1.29 is 28.8 Å². The molecule has 0 bridgehead atoms. The molecule has 200 valence electrons. The third-order valence-electron chi connectivity index (χ3n) is 5.58. The summed E-state index contributed by atoms with van der Waals surface area (Å²) < 4.78 is 23.1. The number of thioether (sulfide) groups is 1. The normalized spacial score (nSPS) is 13.8. The molecule has 0 saturated heterocycles. The average Bonchev–Trinajstić information content (AvgIpc) is 2.78. The van der Waals surface area contributed by atoms with Crippen molar-refractivity contribution in [1.82, 2.24) is 0 Å². The second-order valence-electron chi connectivity index (χ2n) is 11.0. The number of para-hydroxylation sites is 1. The Bertz CT molecular complexity index is 942. The molecule has 1 N–H and O–H groups in total. The van der Waals surface area contributed by atoms with Crippen LogP contribution >= 0.6 is 11.8 Å². The smallest absolute Gasteiger partial charge is 0.350 e. The lowest BCUT2D eigenvalue weighted by Crippen LogP contribution is -2.46. The molecular formula is C29H42O6S. The van der Waals surface area contributed by atoms with Crippen molar-refractivity contribution in [3.05, 3.63) is 53.6 Å². The third kappa shape index (κ3) is 8.71. The zero-order chi connectivity index (χ0) is 27.0. The Hall–Kier alpha value is -2.22. The molecule has 0 aliphatic carbocycles. The Kier molecular flexibility index (Phi) is 10.7. The Morgan fingerprint density at radius 3 is 2.00 bits per heavy atom. The van der Waals surface area contributed by atoms with E-state index in [1.807, 2.05) is 13.0 Å². The van der Waals surface area contributed by atoms with Gasteiger partial charge in [0.1, 0.15) is 11.5 Å². The van der Waals surface area contributed by atoms with Gasteiger partial charge in [-0.2, -0.15) is 0 Å². The highest BCUT2D eigenvalue weighted by Gasteiger charge is 2.36. The molecule has 0 radical (unpaired) electrons. The first-order valence-electron chi connectivity index (χ1n) is 12.4. The monoisotopic (exact) mass is 518 g/mol. The van der Waals surface area contributed by atoms with E-state index < -0.39 is 11.6 Å². The minimum atomic E-state index is -1.47. The molecule has 36 heavy (non-hydrogen) atoms. The summed E-state index contributed by atoms with van der Waals surface area (Å²) in [4.78, 5) is 13.0. The van der Waals surface area contributed by atoms with E-state index in [9.17, 15) is 9.90 Å². The number of hydrogen-bond acceptors (Lipinski definition) is 6. The zero-order valence-electron chi connectivity index (χ0n) is 23.0. The first kappa shape index (κ1) is 30.0. The Morgan fingerprint density at radius 1 is 0.917 bits per heavy atom. The van der Waals surface area contributed by atoms with Crippen molar-refractivity contribution in [3.63, 3.8) is 0 Å². The van der Waals surface area contributed by atoms with Crippen LogP contribution < -0.4 is 9.47 Å². The largest absolute Gasteiger partial charge is 0.478 e. The molecule has 6 nitrogen and oxygen atoms in total. The minimum absolute atomic E-state index is 0.0531. The summed E-state index contributed by atoms with van der Waals surface area (Å²) in [6.07, 6.45) is 0. The molecule has 7 heteroatoms. The highest BCUT2D eigenvalue weighted by Crippen LogP contribution is 2.42. The van der Waals surface area contributed by atoms with E-state index in [4.69, 9.17) is 18.9 Å². The molecule has 0 heterocycles. The van der Waals surface area contributed by atoms with E-state index in [2.05, 4.69) is 53.7 Å². The predicted octanol–water partition coefficient (Wildman–Crippen LogP) is 6.69. The molecular weight excluding hydrogens is 476 g/mol. The molecule has 2 rings (SSSR count). The van der Waals surface area contributed by atoms with Crippen LogP contribution in [-0.4, -0.2) is 49.0 Å². The van der Waals surface area contributed by atoms with E-state index in [1.54, 1.807) is 36.0 Å². The molecule has 2 aromatic carbocycles. The van der Waals surface area contributed by atoms with E-state index >= 15 is 0 Å². The summed E-state index contributed by atoms with van der Waals surface area (Å²) in [6, 6.07) is 13.3. The van der Waals surface area contributed by atoms with Gasteiger partial charge in [0.2, 0.25) is 5.60 Å². The molecule has 0 aliphatic heterocycles. The summed E-state index contributed by atoms with van der Waals surface area (Å²) in [5.41, 5.74) is 0.560. The SMILES string of the molecule is CCOCOc1c(C(C)(C)C)cc(SCCOCC(C)(Oc2ccccc2)C(=O)O)cc1C(C)(C)C. The van der Waals surface area contributed by atoms with Crippen LogP contribution in [0.25, 0.3) is 0 Å². The van der Waals surface area contributed by atoms with Crippen molar-refractivity contribution in [3.8, 4) is 11.5 Å². The van der Waals surface area contributed by atoms with Gasteiger partial charge in [0.25, 0.3) is 0 Å². The van der Waals surface area contributed by atoms with E-state index in [0.29, 0.717) is 24.7 Å². The summed E-state index contributed by atoms with van der Waals surface area (Å²) in [6.45, 7) is 17.7. The lowest BCUT2D eigenvalue weighted by Gasteiger charge is -2.30. The molecule has 0 aromatic heterocycles. The van der Waals surface area contributed by atoms with Crippen molar-refractivity contribution in [1.29, 1.82) is 0 Å². The molecule has 1 atom stereocenters. The van der Waals surface area contributed by atoms with Crippen LogP contribution in [0.2, 0.25) is 0 Å². The van der Waals surface area contributed by atoms with Gasteiger partial charge in [-0.3, -0.25) is 0 Å². The fraction of sp³-hybridized carbons (Fsp3) is 0.552. The number of ether oxygens (including phenoxy) is 4. The number of carbonyl (C=O) groups is 1. The second kappa shape index (κ2) is 12.8. The highest BCUT2D eigenvalue weighted by atomic mass is 32.2. The van der Waals surface area contributed by atoms with Crippen LogP contribution in [0.15, 0.2) is 47.4 Å². The van der Waals surface area contributed by atoms with Crippen LogP contribution in [-0.2, 0) is 25.1 Å². The lowest BCUT2D eigenvalue weighted by molar-refractivity contribution is -0.158.